The summed E-state index contributed by atoms with van der Waals surface area (Å²) in [7, 11) is 0. The highest BCUT2D eigenvalue weighted by molar-refractivity contribution is 6.27. The second kappa shape index (κ2) is 5.26. The Hall–Kier alpha value is -2.69. The molecule has 0 spiro atoms. The van der Waals surface area contributed by atoms with Crippen molar-refractivity contribution in [2.24, 2.45) is 5.92 Å². The number of carbonyl (C=O) groups excluding carboxylic acids is 2. The van der Waals surface area contributed by atoms with Gasteiger partial charge in [0.1, 0.15) is 6.07 Å². The van der Waals surface area contributed by atoms with Gasteiger partial charge in [-0.2, -0.15) is 5.26 Å². The first-order chi connectivity index (χ1) is 10.5. The largest absolute Gasteiger partial charge is 0.331 e. The van der Waals surface area contributed by atoms with Gasteiger partial charge in [0.05, 0.1) is 17.7 Å². The molecule has 2 heterocycles. The standard InChI is InChI=1S/C14H10F2N4O2/c15-14(16)8-1-6(8)7-2-10(19-20-11(7)4-17)9-5-18-13(22)3-12(9)21/h2,5-6,8,14H,1,3H2,(H,18,22)/t6-,8+/m1/s1. The van der Waals surface area contributed by atoms with Gasteiger partial charge in [0.25, 0.3) is 0 Å². The molecule has 1 fully saturated rings. The van der Waals surface area contributed by atoms with E-state index < -0.39 is 30.0 Å². The minimum atomic E-state index is -2.46. The lowest BCUT2D eigenvalue weighted by molar-refractivity contribution is -0.125. The quantitative estimate of drug-likeness (QED) is 0.845. The van der Waals surface area contributed by atoms with Crippen LogP contribution in [0.15, 0.2) is 12.3 Å². The van der Waals surface area contributed by atoms with Gasteiger partial charge in [-0.3, -0.25) is 9.59 Å². The minimum absolute atomic E-state index is 0.00945. The molecule has 112 valence electrons. The summed E-state index contributed by atoms with van der Waals surface area (Å²) >= 11 is 0. The van der Waals surface area contributed by atoms with Crippen LogP contribution in [0.3, 0.4) is 0 Å². The number of alkyl halides is 2. The molecule has 1 aromatic rings. The monoisotopic (exact) mass is 304 g/mol. The number of rotatable bonds is 3. The third-order valence-electron chi connectivity index (χ3n) is 3.77. The number of Topliss-reactive ketones (excluding diaryl/α,β-unsaturated/α-hetero) is 1. The maximum absolute atomic E-state index is 12.7. The van der Waals surface area contributed by atoms with Gasteiger partial charge in [0, 0.05) is 12.1 Å². The van der Waals surface area contributed by atoms with Crippen LogP contribution in [-0.2, 0) is 9.59 Å². The lowest BCUT2D eigenvalue weighted by Gasteiger charge is -2.12. The molecule has 0 saturated heterocycles. The first-order valence-electron chi connectivity index (χ1n) is 6.60. The molecule has 1 aliphatic carbocycles. The molecule has 0 aromatic carbocycles. The summed E-state index contributed by atoms with van der Waals surface area (Å²) < 4.78 is 25.4. The van der Waals surface area contributed by atoms with Crippen LogP contribution >= 0.6 is 0 Å². The Morgan fingerprint density at radius 2 is 2.14 bits per heavy atom. The van der Waals surface area contributed by atoms with Crippen LogP contribution < -0.4 is 5.32 Å². The molecule has 8 heteroatoms. The average molecular weight is 304 g/mol. The van der Waals surface area contributed by atoms with Crippen LogP contribution in [0.2, 0.25) is 0 Å². The second-order valence-electron chi connectivity index (χ2n) is 5.21. The van der Waals surface area contributed by atoms with Crippen LogP contribution in [0.1, 0.15) is 35.7 Å². The Labute approximate surface area is 123 Å². The van der Waals surface area contributed by atoms with Crippen molar-refractivity contribution in [1.82, 2.24) is 15.5 Å². The van der Waals surface area contributed by atoms with Gasteiger partial charge >= 0.3 is 0 Å². The van der Waals surface area contributed by atoms with Crippen molar-refractivity contribution < 1.29 is 18.4 Å². The number of hydrogen-bond donors (Lipinski definition) is 1. The number of hydrogen-bond acceptors (Lipinski definition) is 5. The predicted molar refractivity (Wildman–Crippen MR) is 69.3 cm³/mol. The lowest BCUT2D eigenvalue weighted by Crippen LogP contribution is -2.27. The van der Waals surface area contributed by atoms with Gasteiger partial charge in [0.2, 0.25) is 12.3 Å². The molecule has 1 N–H and O–H groups in total. The first kappa shape index (κ1) is 14.3. The van der Waals surface area contributed by atoms with E-state index in [4.69, 9.17) is 5.26 Å². The number of halogens is 2. The number of nitrogens with zero attached hydrogens (tertiary/aromatic N) is 3. The summed E-state index contributed by atoms with van der Waals surface area (Å²) in [5, 5.41) is 18.9. The number of carbonyl (C=O) groups is 2. The fourth-order valence-corrected chi connectivity index (χ4v) is 2.50. The highest BCUT2D eigenvalue weighted by atomic mass is 19.3. The zero-order valence-electron chi connectivity index (χ0n) is 11.2. The van der Waals surface area contributed by atoms with Gasteiger partial charge < -0.3 is 5.32 Å². The summed E-state index contributed by atoms with van der Waals surface area (Å²) in [5.74, 6) is -2.08. The number of allylic oxidation sites excluding steroid dienone is 1. The molecule has 2 atom stereocenters. The third-order valence-corrected chi connectivity index (χ3v) is 3.77. The average Bonchev–Trinajstić information content (AvgIpc) is 3.27. The summed E-state index contributed by atoms with van der Waals surface area (Å²) in [4.78, 5) is 23.0. The van der Waals surface area contributed by atoms with Gasteiger partial charge in [-0.25, -0.2) is 8.78 Å². The summed E-state index contributed by atoms with van der Waals surface area (Å²) in [6.45, 7) is 0. The van der Waals surface area contributed by atoms with Gasteiger partial charge in [-0.1, -0.05) is 0 Å². The third kappa shape index (κ3) is 2.45. The zero-order chi connectivity index (χ0) is 15.9. The van der Waals surface area contributed by atoms with E-state index >= 15 is 0 Å². The number of aromatic nitrogens is 2. The molecule has 1 aromatic heterocycles. The maximum atomic E-state index is 12.7. The molecule has 0 radical (unpaired) electrons. The van der Waals surface area contributed by atoms with E-state index in [2.05, 4.69) is 15.5 Å². The van der Waals surface area contributed by atoms with Gasteiger partial charge in [-0.05, 0) is 24.0 Å². The molecule has 3 rings (SSSR count). The van der Waals surface area contributed by atoms with Crippen molar-refractivity contribution in [3.05, 3.63) is 29.2 Å². The molecule has 0 bridgehead atoms. The number of amides is 1. The Morgan fingerprint density at radius 3 is 2.73 bits per heavy atom. The molecule has 1 amide bonds. The normalized spacial score (nSPS) is 23.8. The topological polar surface area (TPSA) is 95.7 Å². The van der Waals surface area contributed by atoms with Crippen molar-refractivity contribution in [3.63, 3.8) is 0 Å². The second-order valence-corrected chi connectivity index (χ2v) is 5.21. The van der Waals surface area contributed by atoms with Crippen molar-refractivity contribution >= 4 is 17.3 Å². The van der Waals surface area contributed by atoms with Crippen LogP contribution in [0.4, 0.5) is 8.78 Å². The van der Waals surface area contributed by atoms with E-state index in [0.29, 0.717) is 5.56 Å². The van der Waals surface area contributed by atoms with Crippen molar-refractivity contribution in [2.75, 3.05) is 0 Å². The summed E-state index contributed by atoms with van der Waals surface area (Å²) in [5.41, 5.74) is 0.708. The van der Waals surface area contributed by atoms with Crippen molar-refractivity contribution in [1.29, 1.82) is 5.26 Å². The Morgan fingerprint density at radius 1 is 1.36 bits per heavy atom. The fourth-order valence-electron chi connectivity index (χ4n) is 2.50. The van der Waals surface area contributed by atoms with E-state index in [1.54, 1.807) is 0 Å². The first-order valence-corrected chi connectivity index (χ1v) is 6.60. The number of ketones is 1. The molecule has 2 aliphatic rings. The van der Waals surface area contributed by atoms with Crippen LogP contribution in [0.5, 0.6) is 0 Å². The predicted octanol–water partition coefficient (Wildman–Crippen LogP) is 1.15. The molecular formula is C14H10F2N4O2. The molecule has 1 aliphatic heterocycles. The highest BCUT2D eigenvalue weighted by Gasteiger charge is 2.46. The van der Waals surface area contributed by atoms with Gasteiger partial charge in [-0.15, -0.1) is 10.2 Å². The maximum Gasteiger partial charge on any atom is 0.242 e. The zero-order valence-corrected chi connectivity index (χ0v) is 11.2. The van der Waals surface area contributed by atoms with E-state index in [-0.39, 0.29) is 29.8 Å². The number of nitriles is 1. The fraction of sp³-hybridized carbons (Fsp3) is 0.357. The molecule has 22 heavy (non-hydrogen) atoms. The highest BCUT2D eigenvalue weighted by Crippen LogP contribution is 2.51. The minimum Gasteiger partial charge on any atom is -0.331 e. The van der Waals surface area contributed by atoms with E-state index in [0.717, 1.165) is 0 Å². The molecule has 6 nitrogen and oxygen atoms in total. The molecule has 0 unspecified atom stereocenters. The van der Waals surface area contributed by atoms with Crippen LogP contribution in [0, 0.1) is 17.2 Å². The lowest BCUT2D eigenvalue weighted by atomic mass is 10.00. The smallest absolute Gasteiger partial charge is 0.242 e. The Balaban J connectivity index is 1.97. The van der Waals surface area contributed by atoms with Crippen molar-refractivity contribution in [3.8, 4) is 6.07 Å². The van der Waals surface area contributed by atoms with Crippen molar-refractivity contribution in [2.45, 2.75) is 25.2 Å². The molecule has 1 saturated carbocycles. The SMILES string of the molecule is N#Cc1nnc(C2=CNC(=O)CC2=O)cc1[C@H]1C[C@@H]1C(F)F. The van der Waals surface area contributed by atoms with E-state index in [1.165, 1.54) is 12.3 Å². The Bertz CT molecular complexity index is 739. The summed E-state index contributed by atoms with van der Waals surface area (Å²) in [6.07, 6.45) is -1.25. The van der Waals surface area contributed by atoms with Crippen LogP contribution in [-0.4, -0.2) is 28.3 Å². The van der Waals surface area contributed by atoms with Crippen LogP contribution in [0.25, 0.3) is 5.57 Å². The number of nitrogens with one attached hydrogen (secondary N) is 1. The Kier molecular flexibility index (Phi) is 3.41. The van der Waals surface area contributed by atoms with E-state index in [1.807, 2.05) is 6.07 Å². The molecular weight excluding hydrogens is 294 g/mol. The summed E-state index contributed by atoms with van der Waals surface area (Å²) in [6, 6.07) is 3.28. The van der Waals surface area contributed by atoms with Gasteiger partial charge in [0.15, 0.2) is 11.5 Å². The van der Waals surface area contributed by atoms with E-state index in [9.17, 15) is 18.4 Å².